The highest BCUT2D eigenvalue weighted by molar-refractivity contribution is 5.77. The van der Waals surface area contributed by atoms with Crippen LogP contribution in [0.1, 0.15) is 0 Å². The van der Waals surface area contributed by atoms with Gasteiger partial charge in [-0.1, -0.05) is 18.2 Å². The molecule has 0 aromatic heterocycles. The highest BCUT2D eigenvalue weighted by atomic mass is 16.5. The lowest BCUT2D eigenvalue weighted by atomic mass is 10.3. The molecule has 6 nitrogen and oxygen atoms in total. The second-order valence-corrected chi connectivity index (χ2v) is 5.44. The third kappa shape index (κ3) is 5.91. The Kier molecular flexibility index (Phi) is 6.95. The number of hydrogen-bond donors (Lipinski definition) is 1. The molecule has 0 unspecified atom stereocenters. The summed E-state index contributed by atoms with van der Waals surface area (Å²) in [6.45, 7) is 1.18. The van der Waals surface area contributed by atoms with Crippen LogP contribution in [0, 0.1) is 0 Å². The number of hydrogen-bond acceptors (Lipinski definition) is 5. The highest BCUT2D eigenvalue weighted by Crippen LogP contribution is 2.27. The Morgan fingerprint density at radius 2 is 1.60 bits per heavy atom. The lowest BCUT2D eigenvalue weighted by Crippen LogP contribution is -2.35. The Morgan fingerprint density at radius 3 is 2.20 bits per heavy atom. The van der Waals surface area contributed by atoms with Gasteiger partial charge in [-0.2, -0.15) is 0 Å². The molecule has 0 bridgehead atoms. The lowest BCUT2D eigenvalue weighted by Gasteiger charge is -2.19. The molecule has 2 rings (SSSR count). The van der Waals surface area contributed by atoms with Crippen LogP contribution in [0.25, 0.3) is 0 Å². The molecule has 134 valence electrons. The normalized spacial score (nSPS) is 10.0. The molecule has 0 atom stereocenters. The first kappa shape index (κ1) is 18.4. The van der Waals surface area contributed by atoms with Gasteiger partial charge in [0, 0.05) is 44.0 Å². The first-order valence-electron chi connectivity index (χ1n) is 8.01. The van der Waals surface area contributed by atoms with E-state index in [9.17, 15) is 4.79 Å². The summed E-state index contributed by atoms with van der Waals surface area (Å²) in [5.41, 5.74) is 1.11. The molecule has 0 saturated carbocycles. The number of carbonyl (C=O) groups excluding carboxylic acids is 1. The lowest BCUT2D eigenvalue weighted by molar-refractivity contribution is -0.123. The SMILES string of the molecule is COc1cc(OC)cc(OCC(=O)NCCN(C)c2ccccc2)c1. The zero-order valence-electron chi connectivity index (χ0n) is 14.8. The Hall–Kier alpha value is -2.89. The summed E-state index contributed by atoms with van der Waals surface area (Å²) in [6, 6.07) is 15.2. The highest BCUT2D eigenvalue weighted by Gasteiger charge is 2.07. The van der Waals surface area contributed by atoms with E-state index in [4.69, 9.17) is 14.2 Å². The van der Waals surface area contributed by atoms with Crippen molar-refractivity contribution in [2.45, 2.75) is 0 Å². The zero-order chi connectivity index (χ0) is 18.1. The van der Waals surface area contributed by atoms with E-state index in [0.717, 1.165) is 5.69 Å². The van der Waals surface area contributed by atoms with Gasteiger partial charge in [-0.15, -0.1) is 0 Å². The smallest absolute Gasteiger partial charge is 0.258 e. The largest absolute Gasteiger partial charge is 0.496 e. The number of benzene rings is 2. The zero-order valence-corrected chi connectivity index (χ0v) is 14.8. The number of rotatable bonds is 9. The van der Waals surface area contributed by atoms with E-state index < -0.39 is 0 Å². The minimum Gasteiger partial charge on any atom is -0.496 e. The molecule has 6 heteroatoms. The fraction of sp³-hybridized carbons (Fsp3) is 0.316. The fourth-order valence-electron chi connectivity index (χ4n) is 2.24. The molecule has 0 fully saturated rings. The predicted molar refractivity (Wildman–Crippen MR) is 97.8 cm³/mol. The van der Waals surface area contributed by atoms with Gasteiger partial charge in [0.1, 0.15) is 17.2 Å². The second kappa shape index (κ2) is 9.42. The monoisotopic (exact) mass is 344 g/mol. The number of nitrogens with zero attached hydrogens (tertiary/aromatic N) is 1. The van der Waals surface area contributed by atoms with E-state index >= 15 is 0 Å². The van der Waals surface area contributed by atoms with Crippen molar-refractivity contribution in [1.29, 1.82) is 0 Å². The van der Waals surface area contributed by atoms with Crippen molar-refractivity contribution in [2.24, 2.45) is 0 Å². The summed E-state index contributed by atoms with van der Waals surface area (Å²) in [5.74, 6) is 1.56. The third-order valence-corrected chi connectivity index (χ3v) is 3.66. The molecule has 1 amide bonds. The van der Waals surface area contributed by atoms with Gasteiger partial charge in [-0.3, -0.25) is 4.79 Å². The molecule has 25 heavy (non-hydrogen) atoms. The topological polar surface area (TPSA) is 60.0 Å². The van der Waals surface area contributed by atoms with Gasteiger partial charge in [-0.05, 0) is 12.1 Å². The molecule has 0 heterocycles. The van der Waals surface area contributed by atoms with Crippen molar-refractivity contribution in [2.75, 3.05) is 45.9 Å². The van der Waals surface area contributed by atoms with Gasteiger partial charge in [0.15, 0.2) is 6.61 Å². The van der Waals surface area contributed by atoms with E-state index in [0.29, 0.717) is 30.3 Å². The van der Waals surface area contributed by atoms with Crippen molar-refractivity contribution in [3.05, 3.63) is 48.5 Å². The molecule has 2 aromatic rings. The molecular weight excluding hydrogens is 320 g/mol. The molecule has 0 radical (unpaired) electrons. The van der Waals surface area contributed by atoms with Gasteiger partial charge < -0.3 is 24.4 Å². The first-order valence-corrected chi connectivity index (χ1v) is 8.01. The van der Waals surface area contributed by atoms with E-state index in [1.807, 2.05) is 37.4 Å². The van der Waals surface area contributed by atoms with Crippen LogP contribution in [-0.4, -0.2) is 46.9 Å². The van der Waals surface area contributed by atoms with Crippen LogP contribution in [0.4, 0.5) is 5.69 Å². The van der Waals surface area contributed by atoms with Crippen molar-refractivity contribution in [3.8, 4) is 17.2 Å². The van der Waals surface area contributed by atoms with Gasteiger partial charge in [-0.25, -0.2) is 0 Å². The molecular formula is C19H24N2O4. The van der Waals surface area contributed by atoms with Crippen molar-refractivity contribution >= 4 is 11.6 Å². The minimum atomic E-state index is -0.178. The number of nitrogens with one attached hydrogen (secondary N) is 1. The molecule has 0 spiro atoms. The number of para-hydroxylation sites is 1. The first-order chi connectivity index (χ1) is 12.1. The standard InChI is InChI=1S/C19H24N2O4/c1-21(15-7-5-4-6-8-15)10-9-20-19(22)14-25-18-12-16(23-2)11-17(13-18)24-3/h4-8,11-13H,9-10,14H2,1-3H3,(H,20,22). The number of ether oxygens (including phenoxy) is 3. The maximum atomic E-state index is 11.9. The Bertz CT molecular complexity index is 654. The molecule has 0 aliphatic carbocycles. The minimum absolute atomic E-state index is 0.0641. The van der Waals surface area contributed by atoms with Gasteiger partial charge >= 0.3 is 0 Å². The third-order valence-electron chi connectivity index (χ3n) is 3.66. The number of amides is 1. The van der Waals surface area contributed by atoms with Crippen LogP contribution < -0.4 is 24.4 Å². The average Bonchev–Trinajstić information content (AvgIpc) is 2.66. The average molecular weight is 344 g/mol. The summed E-state index contributed by atoms with van der Waals surface area (Å²) in [7, 11) is 5.11. The molecule has 1 N–H and O–H groups in total. The van der Waals surface area contributed by atoms with E-state index in [1.54, 1.807) is 32.4 Å². The number of anilines is 1. The number of carbonyl (C=O) groups is 1. The summed E-state index contributed by atoms with van der Waals surface area (Å²) in [5, 5.41) is 2.84. The quantitative estimate of drug-likeness (QED) is 0.757. The molecule has 0 aliphatic rings. The predicted octanol–water partition coefficient (Wildman–Crippen LogP) is 2.34. The maximum Gasteiger partial charge on any atom is 0.258 e. The van der Waals surface area contributed by atoms with E-state index in [-0.39, 0.29) is 12.5 Å². The Labute approximate surface area is 148 Å². The van der Waals surface area contributed by atoms with Crippen LogP contribution in [0.5, 0.6) is 17.2 Å². The Balaban J connectivity index is 1.75. The van der Waals surface area contributed by atoms with Gasteiger partial charge in [0.05, 0.1) is 14.2 Å². The van der Waals surface area contributed by atoms with Crippen molar-refractivity contribution in [1.82, 2.24) is 5.32 Å². The molecule has 0 aliphatic heterocycles. The van der Waals surface area contributed by atoms with Crippen molar-refractivity contribution in [3.63, 3.8) is 0 Å². The van der Waals surface area contributed by atoms with Crippen LogP contribution in [0.15, 0.2) is 48.5 Å². The summed E-state index contributed by atoms with van der Waals surface area (Å²) in [6.07, 6.45) is 0. The van der Waals surface area contributed by atoms with Crippen molar-refractivity contribution < 1.29 is 19.0 Å². The number of likely N-dealkylation sites (N-methyl/N-ethyl adjacent to an activating group) is 1. The maximum absolute atomic E-state index is 11.9. The summed E-state index contributed by atoms with van der Waals surface area (Å²) >= 11 is 0. The number of methoxy groups -OCH3 is 2. The van der Waals surface area contributed by atoms with Gasteiger partial charge in [0.25, 0.3) is 5.91 Å². The summed E-state index contributed by atoms with van der Waals surface area (Å²) < 4.78 is 15.9. The second-order valence-electron chi connectivity index (χ2n) is 5.44. The van der Waals surface area contributed by atoms with E-state index in [1.165, 1.54) is 0 Å². The summed E-state index contributed by atoms with van der Waals surface area (Å²) in [4.78, 5) is 14.0. The van der Waals surface area contributed by atoms with Crippen LogP contribution in [0.2, 0.25) is 0 Å². The van der Waals surface area contributed by atoms with Crippen LogP contribution in [0.3, 0.4) is 0 Å². The van der Waals surface area contributed by atoms with Gasteiger partial charge in [0.2, 0.25) is 0 Å². The van der Waals surface area contributed by atoms with Crippen LogP contribution in [-0.2, 0) is 4.79 Å². The van der Waals surface area contributed by atoms with Crippen LogP contribution >= 0.6 is 0 Å². The Morgan fingerprint density at radius 1 is 1.00 bits per heavy atom. The fourth-order valence-corrected chi connectivity index (χ4v) is 2.24. The molecule has 2 aromatic carbocycles. The van der Waals surface area contributed by atoms with E-state index in [2.05, 4.69) is 10.2 Å². The molecule has 0 saturated heterocycles.